The van der Waals surface area contributed by atoms with Crippen molar-refractivity contribution in [3.8, 4) is 0 Å². The minimum absolute atomic E-state index is 0.0746. The highest BCUT2D eigenvalue weighted by molar-refractivity contribution is 7.92. The van der Waals surface area contributed by atoms with Gasteiger partial charge in [-0.05, 0) is 42.8 Å². The summed E-state index contributed by atoms with van der Waals surface area (Å²) >= 11 is 0. The molecular formula is C13H12F2N2O2S. The molecule has 0 aliphatic rings. The summed E-state index contributed by atoms with van der Waals surface area (Å²) < 4.78 is 52.8. The van der Waals surface area contributed by atoms with Gasteiger partial charge in [0.2, 0.25) is 0 Å². The third-order valence-corrected chi connectivity index (χ3v) is 4.00. The van der Waals surface area contributed by atoms with Crippen LogP contribution in [0, 0.1) is 18.6 Å². The molecule has 20 heavy (non-hydrogen) atoms. The Hall–Kier alpha value is -2.15. The standard InChI is InChI=1S/C13H12F2N2O2S/c1-8-5-11(7-12(16)13(8)15)20(18,19)17-10-4-2-3-9(14)6-10/h2-7,17H,16H2,1H3. The Kier molecular flexibility index (Phi) is 3.63. The Bertz CT molecular complexity index is 738. The lowest BCUT2D eigenvalue weighted by Crippen LogP contribution is -2.14. The number of sulfonamides is 1. The maximum atomic E-state index is 13.4. The monoisotopic (exact) mass is 298 g/mol. The molecule has 0 radical (unpaired) electrons. The molecular weight excluding hydrogens is 286 g/mol. The number of nitrogen functional groups attached to an aromatic ring is 1. The van der Waals surface area contributed by atoms with Crippen LogP contribution in [0.25, 0.3) is 0 Å². The summed E-state index contributed by atoms with van der Waals surface area (Å²) in [5.41, 5.74) is 5.34. The molecule has 4 nitrogen and oxygen atoms in total. The van der Waals surface area contributed by atoms with Crippen molar-refractivity contribution in [1.82, 2.24) is 0 Å². The first-order valence-corrected chi connectivity index (χ1v) is 7.12. The summed E-state index contributed by atoms with van der Waals surface area (Å²) in [6.45, 7) is 1.41. The molecule has 2 aromatic carbocycles. The normalized spacial score (nSPS) is 11.3. The molecule has 7 heteroatoms. The summed E-state index contributed by atoms with van der Waals surface area (Å²) in [6, 6.07) is 7.18. The predicted octanol–water partition coefficient (Wildman–Crippen LogP) is 2.66. The molecule has 0 fully saturated rings. The second kappa shape index (κ2) is 5.09. The molecule has 3 N–H and O–H groups in total. The third kappa shape index (κ3) is 2.88. The zero-order valence-electron chi connectivity index (χ0n) is 10.5. The number of nitrogens with one attached hydrogen (secondary N) is 1. The topological polar surface area (TPSA) is 72.2 Å². The maximum Gasteiger partial charge on any atom is 0.261 e. The van der Waals surface area contributed by atoms with E-state index >= 15 is 0 Å². The highest BCUT2D eigenvalue weighted by Crippen LogP contribution is 2.23. The largest absolute Gasteiger partial charge is 0.396 e. The van der Waals surface area contributed by atoms with Crippen LogP contribution in [-0.2, 0) is 10.0 Å². The molecule has 2 aromatic rings. The Balaban J connectivity index is 2.41. The maximum absolute atomic E-state index is 13.4. The van der Waals surface area contributed by atoms with Crippen molar-refractivity contribution >= 4 is 21.4 Å². The first-order chi connectivity index (χ1) is 9.29. The van der Waals surface area contributed by atoms with E-state index in [-0.39, 0.29) is 21.8 Å². The zero-order chi connectivity index (χ0) is 14.9. The van der Waals surface area contributed by atoms with Gasteiger partial charge in [0.25, 0.3) is 10.0 Å². The van der Waals surface area contributed by atoms with Crippen LogP contribution in [0.4, 0.5) is 20.2 Å². The first-order valence-electron chi connectivity index (χ1n) is 5.63. The quantitative estimate of drug-likeness (QED) is 0.856. The molecule has 0 spiro atoms. The summed E-state index contributed by atoms with van der Waals surface area (Å²) in [5, 5.41) is 0. The van der Waals surface area contributed by atoms with Crippen molar-refractivity contribution in [1.29, 1.82) is 0 Å². The number of hydrogen-bond acceptors (Lipinski definition) is 3. The molecule has 0 aliphatic carbocycles. The van der Waals surface area contributed by atoms with Gasteiger partial charge in [-0.15, -0.1) is 0 Å². The molecule has 2 rings (SSSR count). The van der Waals surface area contributed by atoms with E-state index in [0.717, 1.165) is 18.2 Å². The number of halogens is 2. The summed E-state index contributed by atoms with van der Waals surface area (Å²) in [6.07, 6.45) is 0. The number of benzene rings is 2. The Morgan fingerprint density at radius 1 is 1.15 bits per heavy atom. The molecule has 0 saturated carbocycles. The fourth-order valence-electron chi connectivity index (χ4n) is 1.68. The van der Waals surface area contributed by atoms with Crippen molar-refractivity contribution < 1.29 is 17.2 Å². The average Bonchev–Trinajstić information content (AvgIpc) is 2.34. The number of aryl methyl sites for hydroxylation is 1. The van der Waals surface area contributed by atoms with Crippen LogP contribution >= 0.6 is 0 Å². The van der Waals surface area contributed by atoms with Gasteiger partial charge in [-0.25, -0.2) is 17.2 Å². The third-order valence-electron chi connectivity index (χ3n) is 2.64. The second-order valence-corrected chi connectivity index (χ2v) is 5.94. The van der Waals surface area contributed by atoms with E-state index in [4.69, 9.17) is 5.73 Å². The van der Waals surface area contributed by atoms with Crippen LogP contribution in [0.15, 0.2) is 41.3 Å². The van der Waals surface area contributed by atoms with Crippen LogP contribution in [0.2, 0.25) is 0 Å². The minimum Gasteiger partial charge on any atom is -0.396 e. The molecule has 0 amide bonds. The number of nitrogens with two attached hydrogens (primary N) is 1. The van der Waals surface area contributed by atoms with E-state index in [9.17, 15) is 17.2 Å². The van der Waals surface area contributed by atoms with Crippen LogP contribution in [-0.4, -0.2) is 8.42 Å². The lowest BCUT2D eigenvalue weighted by Gasteiger charge is -2.10. The van der Waals surface area contributed by atoms with E-state index in [0.29, 0.717) is 0 Å². The van der Waals surface area contributed by atoms with Crippen molar-refractivity contribution in [2.75, 3.05) is 10.5 Å². The highest BCUT2D eigenvalue weighted by Gasteiger charge is 2.17. The van der Waals surface area contributed by atoms with E-state index in [1.165, 1.54) is 25.1 Å². The van der Waals surface area contributed by atoms with E-state index in [1.54, 1.807) is 0 Å². The van der Waals surface area contributed by atoms with Gasteiger partial charge in [0.15, 0.2) is 0 Å². The van der Waals surface area contributed by atoms with E-state index in [1.807, 2.05) is 0 Å². The van der Waals surface area contributed by atoms with E-state index < -0.39 is 21.7 Å². The van der Waals surface area contributed by atoms with Crippen molar-refractivity contribution in [3.63, 3.8) is 0 Å². The summed E-state index contributed by atoms with van der Waals surface area (Å²) in [4.78, 5) is -0.182. The van der Waals surface area contributed by atoms with Crippen LogP contribution in [0.5, 0.6) is 0 Å². The predicted molar refractivity (Wildman–Crippen MR) is 72.8 cm³/mol. The molecule has 0 aromatic heterocycles. The highest BCUT2D eigenvalue weighted by atomic mass is 32.2. The zero-order valence-corrected chi connectivity index (χ0v) is 11.3. The Morgan fingerprint density at radius 2 is 1.85 bits per heavy atom. The second-order valence-electron chi connectivity index (χ2n) is 4.26. The van der Waals surface area contributed by atoms with Gasteiger partial charge < -0.3 is 5.73 Å². The number of rotatable bonds is 3. The molecule has 0 bridgehead atoms. The van der Waals surface area contributed by atoms with Crippen molar-refractivity contribution in [3.05, 3.63) is 53.6 Å². The molecule has 0 heterocycles. The molecule has 0 atom stereocenters. The van der Waals surface area contributed by atoms with Gasteiger partial charge >= 0.3 is 0 Å². The molecule has 0 unspecified atom stereocenters. The van der Waals surface area contributed by atoms with Crippen LogP contribution in [0.1, 0.15) is 5.56 Å². The summed E-state index contributed by atoms with van der Waals surface area (Å²) in [5.74, 6) is -1.23. The molecule has 106 valence electrons. The average molecular weight is 298 g/mol. The number of anilines is 2. The molecule has 0 aliphatic heterocycles. The smallest absolute Gasteiger partial charge is 0.261 e. The number of hydrogen-bond donors (Lipinski definition) is 2. The summed E-state index contributed by atoms with van der Waals surface area (Å²) in [7, 11) is -3.96. The minimum atomic E-state index is -3.96. The Labute approximate surface area is 115 Å². The lowest BCUT2D eigenvalue weighted by molar-refractivity contribution is 0.599. The van der Waals surface area contributed by atoms with Gasteiger partial charge in [-0.1, -0.05) is 6.07 Å². The van der Waals surface area contributed by atoms with Gasteiger partial charge in [-0.3, -0.25) is 4.72 Å². The lowest BCUT2D eigenvalue weighted by atomic mass is 10.2. The van der Waals surface area contributed by atoms with Gasteiger partial charge in [0.05, 0.1) is 16.3 Å². The van der Waals surface area contributed by atoms with Crippen LogP contribution in [0.3, 0.4) is 0 Å². The Morgan fingerprint density at radius 3 is 2.45 bits per heavy atom. The SMILES string of the molecule is Cc1cc(S(=O)(=O)Nc2cccc(F)c2)cc(N)c1F. The first kappa shape index (κ1) is 14.3. The van der Waals surface area contributed by atoms with Crippen molar-refractivity contribution in [2.45, 2.75) is 11.8 Å². The van der Waals surface area contributed by atoms with Gasteiger partial charge in [0, 0.05) is 0 Å². The fraction of sp³-hybridized carbons (Fsp3) is 0.0769. The van der Waals surface area contributed by atoms with Crippen LogP contribution < -0.4 is 10.5 Å². The van der Waals surface area contributed by atoms with Gasteiger partial charge in [-0.2, -0.15) is 0 Å². The van der Waals surface area contributed by atoms with Crippen molar-refractivity contribution in [2.24, 2.45) is 0 Å². The van der Waals surface area contributed by atoms with Gasteiger partial charge in [0.1, 0.15) is 11.6 Å². The fourth-order valence-corrected chi connectivity index (χ4v) is 2.85. The van der Waals surface area contributed by atoms with E-state index in [2.05, 4.69) is 4.72 Å². The molecule has 0 saturated heterocycles.